The van der Waals surface area contributed by atoms with Gasteiger partial charge in [0.25, 0.3) is 5.91 Å². The van der Waals surface area contributed by atoms with Crippen molar-refractivity contribution >= 4 is 17.7 Å². The van der Waals surface area contributed by atoms with Gasteiger partial charge in [-0.25, -0.2) is 9.78 Å². The van der Waals surface area contributed by atoms with Crippen LogP contribution < -0.4 is 10.2 Å². The van der Waals surface area contributed by atoms with Crippen LogP contribution >= 0.6 is 0 Å². The van der Waals surface area contributed by atoms with E-state index in [0.29, 0.717) is 31.0 Å². The van der Waals surface area contributed by atoms with Gasteiger partial charge in [0, 0.05) is 31.4 Å². The fourth-order valence-corrected chi connectivity index (χ4v) is 3.21. The number of hydrogen-bond donors (Lipinski definition) is 2. The smallest absolute Gasteiger partial charge is 0.417 e. The second kappa shape index (κ2) is 8.50. The third-order valence-electron chi connectivity index (χ3n) is 4.96. The van der Waals surface area contributed by atoms with Gasteiger partial charge in [-0.1, -0.05) is 0 Å². The number of nitrogens with one attached hydrogen (secondary N) is 1. The molecule has 1 aliphatic heterocycles. The first kappa shape index (κ1) is 20.6. The second-order valence-electron chi connectivity index (χ2n) is 6.93. The normalized spacial score (nSPS) is 15.2. The molecule has 1 saturated heterocycles. The van der Waals surface area contributed by atoms with Gasteiger partial charge < -0.3 is 15.3 Å². The van der Waals surface area contributed by atoms with E-state index in [9.17, 15) is 22.8 Å². The van der Waals surface area contributed by atoms with Crippen molar-refractivity contribution in [3.63, 3.8) is 0 Å². The Labute approximate surface area is 165 Å². The summed E-state index contributed by atoms with van der Waals surface area (Å²) in [6, 6.07) is 8.12. The monoisotopic (exact) mass is 407 g/mol. The quantitative estimate of drug-likeness (QED) is 0.794. The molecule has 3 rings (SSSR count). The average Bonchev–Trinajstić information content (AvgIpc) is 2.72. The molecule has 0 atom stereocenters. The summed E-state index contributed by atoms with van der Waals surface area (Å²) in [4.78, 5) is 28.9. The van der Waals surface area contributed by atoms with Crippen molar-refractivity contribution in [1.29, 1.82) is 0 Å². The highest BCUT2D eigenvalue weighted by atomic mass is 19.4. The van der Waals surface area contributed by atoms with E-state index in [1.165, 1.54) is 30.3 Å². The zero-order valence-electron chi connectivity index (χ0n) is 15.4. The maximum absolute atomic E-state index is 12.6. The number of aromatic nitrogens is 1. The van der Waals surface area contributed by atoms with E-state index in [1.807, 2.05) is 4.90 Å². The summed E-state index contributed by atoms with van der Waals surface area (Å²) >= 11 is 0. The summed E-state index contributed by atoms with van der Waals surface area (Å²) in [5, 5.41) is 11.7. The number of halogens is 3. The third-order valence-corrected chi connectivity index (χ3v) is 4.96. The molecule has 0 unspecified atom stereocenters. The molecule has 6 nitrogen and oxygen atoms in total. The van der Waals surface area contributed by atoms with Crippen molar-refractivity contribution in [2.24, 2.45) is 5.92 Å². The van der Waals surface area contributed by atoms with E-state index in [1.54, 1.807) is 0 Å². The van der Waals surface area contributed by atoms with E-state index in [0.717, 1.165) is 25.1 Å². The van der Waals surface area contributed by atoms with Crippen LogP contribution in [0.3, 0.4) is 0 Å². The zero-order chi connectivity index (χ0) is 21.0. The molecule has 1 amide bonds. The average molecular weight is 407 g/mol. The molecule has 29 heavy (non-hydrogen) atoms. The zero-order valence-corrected chi connectivity index (χ0v) is 15.4. The van der Waals surface area contributed by atoms with Crippen LogP contribution in [0.1, 0.15) is 39.1 Å². The van der Waals surface area contributed by atoms with Crippen molar-refractivity contribution in [2.45, 2.75) is 19.0 Å². The van der Waals surface area contributed by atoms with Gasteiger partial charge in [0.2, 0.25) is 0 Å². The first-order valence-electron chi connectivity index (χ1n) is 9.14. The number of piperidine rings is 1. The number of nitrogens with zero attached hydrogens (tertiary/aromatic N) is 2. The van der Waals surface area contributed by atoms with E-state index in [4.69, 9.17) is 5.11 Å². The molecule has 1 aliphatic rings. The lowest BCUT2D eigenvalue weighted by Gasteiger charge is -2.33. The maximum atomic E-state index is 12.6. The highest BCUT2D eigenvalue weighted by Gasteiger charge is 2.31. The molecule has 0 spiro atoms. The summed E-state index contributed by atoms with van der Waals surface area (Å²) in [6.07, 6.45) is -2.00. The van der Waals surface area contributed by atoms with Crippen LogP contribution in [0, 0.1) is 5.92 Å². The maximum Gasteiger partial charge on any atom is 0.417 e. The van der Waals surface area contributed by atoms with E-state index in [2.05, 4.69) is 10.3 Å². The predicted octanol–water partition coefficient (Wildman–Crippen LogP) is 3.45. The minimum atomic E-state index is -4.40. The van der Waals surface area contributed by atoms with Crippen LogP contribution in [0.25, 0.3) is 0 Å². The highest BCUT2D eigenvalue weighted by molar-refractivity contribution is 5.95. The van der Waals surface area contributed by atoms with E-state index >= 15 is 0 Å². The summed E-state index contributed by atoms with van der Waals surface area (Å²) in [7, 11) is 0. The summed E-state index contributed by atoms with van der Waals surface area (Å²) in [6.45, 7) is 1.77. The number of carbonyl (C=O) groups excluding carboxylic acids is 1. The molecule has 2 N–H and O–H groups in total. The Morgan fingerprint density at radius 2 is 1.69 bits per heavy atom. The number of carbonyl (C=O) groups is 2. The van der Waals surface area contributed by atoms with Gasteiger partial charge in [-0.3, -0.25) is 4.79 Å². The summed E-state index contributed by atoms with van der Waals surface area (Å²) in [5.74, 6) is -0.554. The van der Waals surface area contributed by atoms with Crippen LogP contribution in [0.5, 0.6) is 0 Å². The van der Waals surface area contributed by atoms with Crippen molar-refractivity contribution in [1.82, 2.24) is 10.3 Å². The molecule has 2 aromatic rings. The molecular formula is C20H20F3N3O3. The van der Waals surface area contributed by atoms with Crippen LogP contribution in [0.15, 0.2) is 42.6 Å². The molecule has 9 heteroatoms. The SMILES string of the molecule is O=C(O)c1ccc(C(=O)NCC2CCN(c3ccc(C(F)(F)F)cn3)CC2)cc1. The number of aromatic carboxylic acids is 1. The number of benzene rings is 1. The molecule has 2 heterocycles. The van der Waals surface area contributed by atoms with Gasteiger partial charge >= 0.3 is 12.1 Å². The second-order valence-corrected chi connectivity index (χ2v) is 6.93. The van der Waals surface area contributed by atoms with Crippen LogP contribution in [0.4, 0.5) is 19.0 Å². The van der Waals surface area contributed by atoms with Gasteiger partial charge in [0.15, 0.2) is 0 Å². The van der Waals surface area contributed by atoms with Crippen molar-refractivity contribution in [3.05, 3.63) is 59.3 Å². The molecular weight excluding hydrogens is 387 g/mol. The summed E-state index contributed by atoms with van der Waals surface area (Å²) < 4.78 is 37.9. The van der Waals surface area contributed by atoms with Gasteiger partial charge in [-0.05, 0) is 55.2 Å². The number of carboxylic acids is 1. The third kappa shape index (κ3) is 5.24. The number of pyridine rings is 1. The highest BCUT2D eigenvalue weighted by Crippen LogP contribution is 2.30. The van der Waals surface area contributed by atoms with Crippen LogP contribution in [-0.4, -0.2) is 41.6 Å². The molecule has 0 radical (unpaired) electrons. The Bertz CT molecular complexity index is 859. The van der Waals surface area contributed by atoms with Crippen molar-refractivity contribution in [3.8, 4) is 0 Å². The largest absolute Gasteiger partial charge is 0.478 e. The summed E-state index contributed by atoms with van der Waals surface area (Å²) in [5.41, 5.74) is -0.262. The van der Waals surface area contributed by atoms with Gasteiger partial charge in [-0.2, -0.15) is 13.2 Å². The Kier molecular flexibility index (Phi) is 6.05. The fourth-order valence-electron chi connectivity index (χ4n) is 3.21. The van der Waals surface area contributed by atoms with Crippen molar-refractivity contribution in [2.75, 3.05) is 24.5 Å². The number of alkyl halides is 3. The standard InChI is InChI=1S/C20H20F3N3O3/c21-20(22,23)16-5-6-17(24-12-16)26-9-7-13(8-10-26)11-25-18(27)14-1-3-15(4-2-14)19(28)29/h1-6,12-13H,7-11H2,(H,25,27)(H,28,29). The lowest BCUT2D eigenvalue weighted by Crippen LogP contribution is -2.39. The van der Waals surface area contributed by atoms with Gasteiger partial charge in [-0.15, -0.1) is 0 Å². The Hall–Kier alpha value is -3.10. The minimum absolute atomic E-state index is 0.116. The Morgan fingerprint density at radius 1 is 1.07 bits per heavy atom. The predicted molar refractivity (Wildman–Crippen MR) is 99.9 cm³/mol. The number of carboxylic acid groups (broad SMARTS) is 1. The van der Waals surface area contributed by atoms with Gasteiger partial charge in [0.05, 0.1) is 11.1 Å². The Balaban J connectivity index is 1.47. The molecule has 0 aliphatic carbocycles. The Morgan fingerprint density at radius 3 is 2.21 bits per heavy atom. The fraction of sp³-hybridized carbons (Fsp3) is 0.350. The topological polar surface area (TPSA) is 82.5 Å². The number of hydrogen-bond acceptors (Lipinski definition) is 4. The molecule has 154 valence electrons. The number of amides is 1. The lowest BCUT2D eigenvalue weighted by atomic mass is 9.96. The van der Waals surface area contributed by atoms with Crippen molar-refractivity contribution < 1.29 is 27.9 Å². The first-order chi connectivity index (χ1) is 13.7. The molecule has 0 saturated carbocycles. The van der Waals surface area contributed by atoms with Crippen LogP contribution in [-0.2, 0) is 6.18 Å². The van der Waals surface area contributed by atoms with E-state index < -0.39 is 17.7 Å². The van der Waals surface area contributed by atoms with E-state index in [-0.39, 0.29) is 17.4 Å². The lowest BCUT2D eigenvalue weighted by molar-refractivity contribution is -0.137. The van der Waals surface area contributed by atoms with Crippen LogP contribution in [0.2, 0.25) is 0 Å². The minimum Gasteiger partial charge on any atom is -0.478 e. The van der Waals surface area contributed by atoms with Gasteiger partial charge in [0.1, 0.15) is 5.82 Å². The molecule has 1 aromatic carbocycles. The molecule has 1 aromatic heterocycles. The molecule has 0 bridgehead atoms. The number of anilines is 1. The molecule has 1 fully saturated rings. The number of rotatable bonds is 5. The first-order valence-corrected chi connectivity index (χ1v) is 9.14.